The van der Waals surface area contributed by atoms with E-state index in [-0.39, 0.29) is 24.2 Å². The van der Waals surface area contributed by atoms with Gasteiger partial charge in [0.1, 0.15) is 0 Å². The van der Waals surface area contributed by atoms with Crippen molar-refractivity contribution in [3.8, 4) is 0 Å². The topological polar surface area (TPSA) is 85.4 Å². The normalized spacial score (nSPS) is 20.0. The van der Waals surface area contributed by atoms with Crippen LogP contribution in [-0.4, -0.2) is 76.1 Å². The maximum atomic E-state index is 13.1. The van der Waals surface area contributed by atoms with Gasteiger partial charge in [-0.3, -0.25) is 29.5 Å². The average Bonchev–Trinajstić information content (AvgIpc) is 3.41. The molecule has 0 bridgehead atoms. The standard InChI is InChI=1S/C23H26N6O2/c30-21-15-18(16-29(21)22-19-3-1-2-4-20(19)25-26-22)23(31)28-13-11-27(12-14-28)10-7-17-5-8-24-9-6-17/h1-6,8-9,18H,7,10-16H2,(H,25,26). The highest BCUT2D eigenvalue weighted by Crippen LogP contribution is 2.30. The van der Waals surface area contributed by atoms with Crippen molar-refractivity contribution in [1.29, 1.82) is 0 Å². The van der Waals surface area contributed by atoms with Gasteiger partial charge in [-0.1, -0.05) is 12.1 Å². The number of nitrogens with zero attached hydrogens (tertiary/aromatic N) is 5. The molecule has 8 nitrogen and oxygen atoms in total. The number of pyridine rings is 1. The Hall–Kier alpha value is -3.26. The summed E-state index contributed by atoms with van der Waals surface area (Å²) in [4.78, 5) is 35.8. The third-order valence-corrected chi connectivity index (χ3v) is 6.33. The van der Waals surface area contributed by atoms with E-state index in [1.165, 1.54) is 5.56 Å². The minimum atomic E-state index is -0.300. The summed E-state index contributed by atoms with van der Waals surface area (Å²) in [7, 11) is 0. The molecular weight excluding hydrogens is 392 g/mol. The SMILES string of the molecule is O=C(C1CC(=O)N(c2n[nH]c3ccccc23)C1)N1CCN(CCc2ccncc2)CC1. The van der Waals surface area contributed by atoms with Crippen LogP contribution in [0.1, 0.15) is 12.0 Å². The van der Waals surface area contributed by atoms with Gasteiger partial charge in [0.05, 0.1) is 11.4 Å². The van der Waals surface area contributed by atoms with Gasteiger partial charge in [0.15, 0.2) is 5.82 Å². The van der Waals surface area contributed by atoms with Crippen LogP contribution in [0.25, 0.3) is 10.9 Å². The van der Waals surface area contributed by atoms with Crippen LogP contribution in [0.4, 0.5) is 5.82 Å². The molecule has 2 aromatic heterocycles. The first-order chi connectivity index (χ1) is 15.2. The molecule has 1 aromatic carbocycles. The molecule has 8 heteroatoms. The Labute approximate surface area is 180 Å². The van der Waals surface area contributed by atoms with Gasteiger partial charge in [-0.05, 0) is 36.2 Å². The molecular formula is C23H26N6O2. The monoisotopic (exact) mass is 418 g/mol. The highest BCUT2D eigenvalue weighted by Gasteiger charge is 2.39. The second-order valence-electron chi connectivity index (χ2n) is 8.27. The Balaban J connectivity index is 1.16. The zero-order valence-electron chi connectivity index (χ0n) is 17.4. The number of carbonyl (C=O) groups is 2. The molecule has 3 aromatic rings. The third kappa shape index (κ3) is 4.03. The minimum absolute atomic E-state index is 0.0356. The number of aromatic amines is 1. The van der Waals surface area contributed by atoms with Crippen LogP contribution in [0.15, 0.2) is 48.8 Å². The van der Waals surface area contributed by atoms with Gasteiger partial charge in [0, 0.05) is 63.5 Å². The zero-order valence-corrected chi connectivity index (χ0v) is 17.4. The maximum Gasteiger partial charge on any atom is 0.229 e. The lowest BCUT2D eigenvalue weighted by Crippen LogP contribution is -2.51. The summed E-state index contributed by atoms with van der Waals surface area (Å²) >= 11 is 0. The lowest BCUT2D eigenvalue weighted by atomic mass is 10.1. The Morgan fingerprint density at radius 1 is 1.06 bits per heavy atom. The van der Waals surface area contributed by atoms with Crippen LogP contribution >= 0.6 is 0 Å². The van der Waals surface area contributed by atoms with Gasteiger partial charge in [-0.2, -0.15) is 5.10 Å². The van der Waals surface area contributed by atoms with E-state index in [0.717, 1.165) is 37.0 Å². The van der Waals surface area contributed by atoms with Gasteiger partial charge < -0.3 is 4.90 Å². The number of hydrogen-bond acceptors (Lipinski definition) is 5. The average molecular weight is 419 g/mol. The number of nitrogens with one attached hydrogen (secondary N) is 1. The van der Waals surface area contributed by atoms with E-state index in [0.29, 0.717) is 25.5 Å². The van der Waals surface area contributed by atoms with Crippen molar-refractivity contribution in [3.63, 3.8) is 0 Å². The number of anilines is 1. The first-order valence-electron chi connectivity index (χ1n) is 10.8. The number of amides is 2. The molecule has 2 amide bonds. The van der Waals surface area contributed by atoms with Gasteiger partial charge in [-0.25, -0.2) is 0 Å². The van der Waals surface area contributed by atoms with Crippen molar-refractivity contribution >= 4 is 28.5 Å². The van der Waals surface area contributed by atoms with E-state index in [2.05, 4.69) is 20.1 Å². The summed E-state index contributed by atoms with van der Waals surface area (Å²) in [6.45, 7) is 4.54. The molecule has 5 rings (SSSR count). The molecule has 0 radical (unpaired) electrons. The Morgan fingerprint density at radius 3 is 2.65 bits per heavy atom. The van der Waals surface area contributed by atoms with Crippen molar-refractivity contribution in [2.45, 2.75) is 12.8 Å². The van der Waals surface area contributed by atoms with Crippen molar-refractivity contribution in [1.82, 2.24) is 25.0 Å². The van der Waals surface area contributed by atoms with Crippen LogP contribution in [0, 0.1) is 5.92 Å². The first-order valence-corrected chi connectivity index (χ1v) is 10.8. The lowest BCUT2D eigenvalue weighted by molar-refractivity contribution is -0.137. The summed E-state index contributed by atoms with van der Waals surface area (Å²) in [5.74, 6) is 0.374. The largest absolute Gasteiger partial charge is 0.340 e. The van der Waals surface area contributed by atoms with Crippen LogP contribution in [0.2, 0.25) is 0 Å². The van der Waals surface area contributed by atoms with E-state index in [1.807, 2.05) is 53.7 Å². The first kappa shape index (κ1) is 19.7. The highest BCUT2D eigenvalue weighted by molar-refractivity contribution is 6.05. The molecule has 31 heavy (non-hydrogen) atoms. The van der Waals surface area contributed by atoms with Gasteiger partial charge in [0.25, 0.3) is 0 Å². The van der Waals surface area contributed by atoms with Crippen LogP contribution in [0.3, 0.4) is 0 Å². The molecule has 2 fully saturated rings. The lowest BCUT2D eigenvalue weighted by Gasteiger charge is -2.35. The summed E-state index contributed by atoms with van der Waals surface area (Å²) in [6.07, 6.45) is 4.89. The molecule has 0 saturated carbocycles. The van der Waals surface area contributed by atoms with Crippen molar-refractivity contribution in [2.75, 3.05) is 44.2 Å². The fourth-order valence-electron chi connectivity index (χ4n) is 4.52. The molecule has 160 valence electrons. The van der Waals surface area contributed by atoms with Crippen molar-refractivity contribution in [3.05, 3.63) is 54.4 Å². The smallest absolute Gasteiger partial charge is 0.229 e. The number of benzene rings is 1. The summed E-state index contributed by atoms with van der Waals surface area (Å²) in [5.41, 5.74) is 2.17. The van der Waals surface area contributed by atoms with Crippen LogP contribution in [0.5, 0.6) is 0 Å². The van der Waals surface area contributed by atoms with Crippen molar-refractivity contribution in [2.24, 2.45) is 5.92 Å². The Bertz CT molecular complexity index is 1070. The molecule has 2 aliphatic heterocycles. The number of hydrogen-bond donors (Lipinski definition) is 1. The van der Waals surface area contributed by atoms with E-state index >= 15 is 0 Å². The molecule has 0 aliphatic carbocycles. The number of fused-ring (bicyclic) bond motifs is 1. The highest BCUT2D eigenvalue weighted by atomic mass is 16.2. The fraction of sp³-hybridized carbons (Fsp3) is 0.391. The molecule has 2 aliphatic rings. The molecule has 0 spiro atoms. The molecule has 1 unspecified atom stereocenters. The molecule has 1 N–H and O–H groups in total. The molecule has 2 saturated heterocycles. The fourth-order valence-corrected chi connectivity index (χ4v) is 4.52. The molecule has 4 heterocycles. The van der Waals surface area contributed by atoms with E-state index in [4.69, 9.17) is 0 Å². The van der Waals surface area contributed by atoms with Crippen molar-refractivity contribution < 1.29 is 9.59 Å². The molecule has 1 atom stereocenters. The van der Waals surface area contributed by atoms with E-state index in [1.54, 1.807) is 4.90 Å². The number of piperazine rings is 1. The number of carbonyl (C=O) groups excluding carboxylic acids is 2. The number of aromatic nitrogens is 3. The second-order valence-corrected chi connectivity index (χ2v) is 8.27. The van der Waals surface area contributed by atoms with Gasteiger partial charge in [0.2, 0.25) is 11.8 Å². The van der Waals surface area contributed by atoms with Gasteiger partial charge >= 0.3 is 0 Å². The Kier molecular flexibility index (Phi) is 5.38. The predicted molar refractivity (Wildman–Crippen MR) is 118 cm³/mol. The minimum Gasteiger partial charge on any atom is -0.340 e. The summed E-state index contributed by atoms with van der Waals surface area (Å²) in [5, 5.41) is 8.22. The number of rotatable bonds is 5. The number of para-hydroxylation sites is 1. The van der Waals surface area contributed by atoms with E-state index in [9.17, 15) is 9.59 Å². The maximum absolute atomic E-state index is 13.1. The third-order valence-electron chi connectivity index (χ3n) is 6.33. The van der Waals surface area contributed by atoms with Gasteiger partial charge in [-0.15, -0.1) is 0 Å². The predicted octanol–water partition coefficient (Wildman–Crippen LogP) is 1.70. The number of H-pyrrole nitrogens is 1. The quantitative estimate of drug-likeness (QED) is 0.682. The van der Waals surface area contributed by atoms with Crippen LogP contribution < -0.4 is 4.90 Å². The zero-order chi connectivity index (χ0) is 21.2. The Morgan fingerprint density at radius 2 is 1.84 bits per heavy atom. The van der Waals surface area contributed by atoms with E-state index < -0.39 is 0 Å². The summed E-state index contributed by atoms with van der Waals surface area (Å²) < 4.78 is 0. The van der Waals surface area contributed by atoms with Crippen LogP contribution in [-0.2, 0) is 16.0 Å². The second kappa shape index (κ2) is 8.47. The summed E-state index contributed by atoms with van der Waals surface area (Å²) in [6, 6.07) is 11.8.